The van der Waals surface area contributed by atoms with Gasteiger partial charge >= 0.3 is 0 Å². The van der Waals surface area contributed by atoms with Crippen molar-refractivity contribution >= 4 is 17.7 Å². The van der Waals surface area contributed by atoms with Crippen molar-refractivity contribution in [1.29, 1.82) is 0 Å². The van der Waals surface area contributed by atoms with E-state index < -0.39 is 5.54 Å². The Hall–Kier alpha value is -1.57. The molecule has 0 aliphatic heterocycles. The van der Waals surface area contributed by atoms with Crippen LogP contribution in [0.4, 0.5) is 0 Å². The van der Waals surface area contributed by atoms with Crippen molar-refractivity contribution in [3.8, 4) is 5.75 Å². The van der Waals surface area contributed by atoms with Crippen molar-refractivity contribution in [1.82, 2.24) is 0 Å². The Balaban J connectivity index is 2.34. The van der Waals surface area contributed by atoms with Crippen LogP contribution in [0.25, 0.3) is 0 Å². The highest BCUT2D eigenvalue weighted by molar-refractivity contribution is 6.33. The van der Waals surface area contributed by atoms with Gasteiger partial charge in [0.25, 0.3) is 0 Å². The van der Waals surface area contributed by atoms with Crippen LogP contribution >= 0.6 is 11.6 Å². The highest BCUT2D eigenvalue weighted by atomic mass is 35.5. The summed E-state index contributed by atoms with van der Waals surface area (Å²) in [4.78, 5) is 14.6. The van der Waals surface area contributed by atoms with Crippen molar-refractivity contribution < 1.29 is 9.53 Å². The van der Waals surface area contributed by atoms with Crippen LogP contribution in [-0.4, -0.2) is 12.7 Å². The molecule has 0 radical (unpaired) electrons. The van der Waals surface area contributed by atoms with Crippen LogP contribution in [0.3, 0.4) is 0 Å². The fraction of sp³-hybridized carbons (Fsp3) is 0.400. The Labute approximate surface area is 117 Å². The summed E-state index contributed by atoms with van der Waals surface area (Å²) in [7, 11) is 0. The Morgan fingerprint density at radius 2 is 2.32 bits per heavy atom. The third-order valence-corrected chi connectivity index (χ3v) is 3.77. The smallest absolute Gasteiger partial charge is 0.235 e. The molecule has 1 aliphatic rings. The van der Waals surface area contributed by atoms with E-state index in [4.69, 9.17) is 16.3 Å². The van der Waals surface area contributed by atoms with E-state index in [2.05, 4.69) is 11.6 Å². The normalized spacial score (nSPS) is 16.1. The maximum Gasteiger partial charge on any atom is 0.235 e. The zero-order valence-corrected chi connectivity index (χ0v) is 11.7. The maximum atomic E-state index is 10.6. The predicted octanol–water partition coefficient (Wildman–Crippen LogP) is 4.01. The minimum absolute atomic E-state index is 0.424. The van der Waals surface area contributed by atoms with Crippen LogP contribution in [0.5, 0.6) is 5.75 Å². The number of ether oxygens (including phenoxy) is 1. The number of isocyanates is 1. The molecule has 0 atom stereocenters. The molecular formula is C15H16ClNO2. The van der Waals surface area contributed by atoms with Gasteiger partial charge in [0.2, 0.25) is 6.08 Å². The van der Waals surface area contributed by atoms with Gasteiger partial charge in [0, 0.05) is 5.56 Å². The molecule has 1 fully saturated rings. The van der Waals surface area contributed by atoms with Crippen molar-refractivity contribution in [2.24, 2.45) is 4.99 Å². The van der Waals surface area contributed by atoms with Crippen molar-refractivity contribution in [2.75, 3.05) is 6.61 Å². The van der Waals surface area contributed by atoms with E-state index in [1.165, 1.54) is 0 Å². The molecule has 2 rings (SSSR count). The van der Waals surface area contributed by atoms with E-state index in [0.29, 0.717) is 17.4 Å². The first-order chi connectivity index (χ1) is 9.09. The molecule has 0 bridgehead atoms. The van der Waals surface area contributed by atoms with Gasteiger partial charge in [0.15, 0.2) is 0 Å². The molecule has 0 heterocycles. The Kier molecular flexibility index (Phi) is 4.08. The van der Waals surface area contributed by atoms with Gasteiger partial charge in [-0.25, -0.2) is 4.79 Å². The largest absolute Gasteiger partial charge is 0.488 e. The lowest BCUT2D eigenvalue weighted by Gasteiger charge is -2.37. The molecule has 100 valence electrons. The second kappa shape index (κ2) is 5.60. The molecule has 0 spiro atoms. The molecule has 3 nitrogen and oxygen atoms in total. The van der Waals surface area contributed by atoms with Crippen LogP contribution in [0.1, 0.15) is 31.7 Å². The standard InChI is InChI=1S/C15H16ClNO2/c1-11(2)9-19-13-6-3-5-12(14(13)16)15(17-10-18)7-4-8-15/h3,5-6H,1,4,7-9H2,2H3. The van der Waals surface area contributed by atoms with Crippen molar-refractivity contribution in [3.05, 3.63) is 40.9 Å². The number of aliphatic imine (C=N–C) groups is 1. The third-order valence-electron chi connectivity index (χ3n) is 3.38. The number of rotatable bonds is 5. The van der Waals surface area contributed by atoms with Crippen LogP contribution in [0.15, 0.2) is 35.3 Å². The lowest BCUT2D eigenvalue weighted by atomic mass is 9.72. The molecule has 0 N–H and O–H groups in total. The number of halogens is 1. The van der Waals surface area contributed by atoms with Gasteiger partial charge < -0.3 is 4.74 Å². The number of benzene rings is 1. The van der Waals surface area contributed by atoms with Gasteiger partial charge in [-0.15, -0.1) is 0 Å². The minimum Gasteiger partial charge on any atom is -0.488 e. The summed E-state index contributed by atoms with van der Waals surface area (Å²) in [5, 5.41) is 0.530. The van der Waals surface area contributed by atoms with Crippen LogP contribution in [0, 0.1) is 0 Å². The summed E-state index contributed by atoms with van der Waals surface area (Å²) >= 11 is 6.38. The minimum atomic E-state index is -0.499. The zero-order chi connectivity index (χ0) is 13.9. The highest BCUT2D eigenvalue weighted by Gasteiger charge is 2.40. The summed E-state index contributed by atoms with van der Waals surface area (Å²) in [6.07, 6.45) is 4.36. The van der Waals surface area contributed by atoms with E-state index in [0.717, 1.165) is 30.4 Å². The van der Waals surface area contributed by atoms with Gasteiger partial charge in [0.05, 0.1) is 10.6 Å². The summed E-state index contributed by atoms with van der Waals surface area (Å²) < 4.78 is 5.61. The van der Waals surface area contributed by atoms with Crippen molar-refractivity contribution in [2.45, 2.75) is 31.7 Å². The molecule has 19 heavy (non-hydrogen) atoms. The Bertz CT molecular complexity index is 543. The maximum absolute atomic E-state index is 10.6. The van der Waals surface area contributed by atoms with E-state index in [9.17, 15) is 4.79 Å². The molecule has 1 saturated carbocycles. The van der Waals surface area contributed by atoms with Gasteiger partial charge in [-0.2, -0.15) is 4.99 Å². The first-order valence-corrected chi connectivity index (χ1v) is 6.62. The predicted molar refractivity (Wildman–Crippen MR) is 75.4 cm³/mol. The Morgan fingerprint density at radius 1 is 1.58 bits per heavy atom. The van der Waals surface area contributed by atoms with Crippen molar-refractivity contribution in [3.63, 3.8) is 0 Å². The summed E-state index contributed by atoms with van der Waals surface area (Å²) in [6.45, 7) is 6.10. The molecule has 0 amide bonds. The number of hydrogen-bond acceptors (Lipinski definition) is 3. The molecule has 1 aromatic rings. The van der Waals surface area contributed by atoms with Crippen LogP contribution < -0.4 is 4.74 Å². The number of nitrogens with zero attached hydrogens (tertiary/aromatic N) is 1. The highest BCUT2D eigenvalue weighted by Crippen LogP contribution is 2.48. The SMILES string of the molecule is C=C(C)COc1cccc(C2(N=C=O)CCC2)c1Cl. The summed E-state index contributed by atoms with van der Waals surface area (Å²) in [6, 6.07) is 5.58. The number of carbonyl (C=O) groups excluding carboxylic acids is 1. The van der Waals surface area contributed by atoms with Crippen LogP contribution in [0.2, 0.25) is 5.02 Å². The lowest BCUT2D eigenvalue weighted by molar-refractivity contribution is 0.254. The fourth-order valence-corrected chi connectivity index (χ4v) is 2.58. The average molecular weight is 278 g/mol. The quantitative estimate of drug-likeness (QED) is 0.463. The molecule has 1 aliphatic carbocycles. The summed E-state index contributed by atoms with van der Waals surface area (Å²) in [5.41, 5.74) is 1.27. The number of hydrogen-bond donors (Lipinski definition) is 0. The summed E-state index contributed by atoms with van der Waals surface area (Å²) in [5.74, 6) is 0.606. The lowest BCUT2D eigenvalue weighted by Crippen LogP contribution is -2.32. The van der Waals surface area contributed by atoms with Gasteiger partial charge in [-0.05, 0) is 37.8 Å². The molecule has 1 aromatic carbocycles. The van der Waals surface area contributed by atoms with E-state index in [-0.39, 0.29) is 0 Å². The monoisotopic (exact) mass is 277 g/mol. The van der Waals surface area contributed by atoms with E-state index in [1.807, 2.05) is 25.1 Å². The second-order valence-corrected chi connectivity index (χ2v) is 5.33. The second-order valence-electron chi connectivity index (χ2n) is 4.95. The van der Waals surface area contributed by atoms with Gasteiger partial charge in [-0.1, -0.05) is 30.3 Å². The van der Waals surface area contributed by atoms with Gasteiger partial charge in [0.1, 0.15) is 12.4 Å². The molecule has 0 aromatic heterocycles. The van der Waals surface area contributed by atoms with Gasteiger partial charge in [-0.3, -0.25) is 0 Å². The molecular weight excluding hydrogens is 262 g/mol. The molecule has 0 unspecified atom stereocenters. The average Bonchev–Trinajstić information content (AvgIpc) is 2.33. The fourth-order valence-electron chi connectivity index (χ4n) is 2.22. The van der Waals surface area contributed by atoms with Crippen LogP contribution in [-0.2, 0) is 10.3 Å². The van der Waals surface area contributed by atoms with E-state index in [1.54, 1.807) is 6.08 Å². The van der Waals surface area contributed by atoms with E-state index >= 15 is 0 Å². The molecule has 4 heteroatoms. The molecule has 0 saturated heterocycles. The third kappa shape index (κ3) is 2.73. The first kappa shape index (κ1) is 13.9. The Morgan fingerprint density at radius 3 is 2.84 bits per heavy atom. The topological polar surface area (TPSA) is 38.7 Å². The zero-order valence-electron chi connectivity index (χ0n) is 10.9. The first-order valence-electron chi connectivity index (χ1n) is 6.24.